The van der Waals surface area contributed by atoms with Crippen LogP contribution >= 0.6 is 0 Å². The van der Waals surface area contributed by atoms with Gasteiger partial charge in [-0.2, -0.15) is 0 Å². The fourth-order valence-corrected chi connectivity index (χ4v) is 0.920. The summed E-state index contributed by atoms with van der Waals surface area (Å²) in [7, 11) is 0. The number of hydrogen-bond acceptors (Lipinski definition) is 0. The summed E-state index contributed by atoms with van der Waals surface area (Å²) in [6, 6.07) is 0.654. The van der Waals surface area contributed by atoms with E-state index in [1.165, 1.54) is 32.1 Å². The second-order valence-corrected chi connectivity index (χ2v) is 2.95. The molecule has 0 aliphatic rings. The van der Waals surface area contributed by atoms with Gasteiger partial charge in [-0.3, -0.25) is 0 Å². The lowest BCUT2D eigenvalue weighted by Crippen LogP contribution is -2.58. The minimum Gasteiger partial charge on any atom is -0.355 e. The Balaban J connectivity index is 2.75. The lowest BCUT2D eigenvalue weighted by atomic mass is 10.1. The third-order valence-corrected chi connectivity index (χ3v) is 1.55. The zero-order chi connectivity index (χ0) is 7.11. The summed E-state index contributed by atoms with van der Waals surface area (Å²) in [6.45, 7) is 4.43. The highest BCUT2D eigenvalue weighted by Gasteiger charge is 1.95. The van der Waals surface area contributed by atoms with Crippen LogP contribution in [0.4, 0.5) is 0 Å². The van der Waals surface area contributed by atoms with Gasteiger partial charge in [-0.15, -0.1) is 0 Å². The maximum atomic E-state index is 3.94. The van der Waals surface area contributed by atoms with E-state index in [2.05, 4.69) is 19.6 Å². The van der Waals surface area contributed by atoms with Crippen LogP contribution in [0.25, 0.3) is 0 Å². The summed E-state index contributed by atoms with van der Waals surface area (Å²) < 4.78 is 0. The highest BCUT2D eigenvalue weighted by atomic mass is 14.6. The van der Waals surface area contributed by atoms with Crippen molar-refractivity contribution in [3.05, 3.63) is 0 Å². The van der Waals surface area contributed by atoms with Crippen molar-refractivity contribution >= 4 is 0 Å². The molecular formula is C8H20N+. The van der Waals surface area contributed by atoms with E-state index >= 15 is 0 Å². The molecule has 0 unspecified atom stereocenters. The normalized spacial score (nSPS) is 13.7. The van der Waals surface area contributed by atoms with Gasteiger partial charge in [0.1, 0.15) is 0 Å². The number of rotatable bonds is 5. The van der Waals surface area contributed by atoms with E-state index < -0.39 is 0 Å². The van der Waals surface area contributed by atoms with Gasteiger partial charge < -0.3 is 5.73 Å². The molecule has 0 rings (SSSR count). The first-order chi connectivity index (χ1) is 4.27. The van der Waals surface area contributed by atoms with Gasteiger partial charge in [-0.25, -0.2) is 0 Å². The van der Waals surface area contributed by atoms with E-state index in [1.807, 2.05) is 0 Å². The Morgan fingerprint density at radius 1 is 1.22 bits per heavy atom. The molecule has 1 heteroatoms. The van der Waals surface area contributed by atoms with E-state index in [0.717, 1.165) is 0 Å². The first kappa shape index (κ1) is 8.96. The van der Waals surface area contributed by atoms with Crippen molar-refractivity contribution < 1.29 is 5.73 Å². The van der Waals surface area contributed by atoms with Crippen LogP contribution in [0.5, 0.6) is 0 Å². The summed E-state index contributed by atoms with van der Waals surface area (Å²) in [4.78, 5) is 0. The monoisotopic (exact) mass is 130 g/mol. The topological polar surface area (TPSA) is 27.6 Å². The molecule has 0 bridgehead atoms. The smallest absolute Gasteiger partial charge is 0.0815 e. The van der Waals surface area contributed by atoms with Crippen molar-refractivity contribution in [2.45, 2.75) is 52.0 Å². The fourth-order valence-electron chi connectivity index (χ4n) is 0.920. The van der Waals surface area contributed by atoms with Gasteiger partial charge in [0, 0.05) is 0 Å². The molecule has 0 aromatic carbocycles. The van der Waals surface area contributed by atoms with Gasteiger partial charge in [0.05, 0.1) is 6.04 Å². The third-order valence-electron chi connectivity index (χ3n) is 1.55. The molecule has 0 radical (unpaired) electrons. The standard InChI is InChI=1S/C8H19N/c1-3-4-5-6-7-8(2)9/h8H,3-7,9H2,1-2H3/p+1/t8-/m1/s1. The Bertz CT molecular complexity index is 50.5. The van der Waals surface area contributed by atoms with E-state index in [9.17, 15) is 0 Å². The van der Waals surface area contributed by atoms with Crippen LogP contribution in [-0.4, -0.2) is 6.04 Å². The number of unbranched alkanes of at least 4 members (excludes halogenated alkanes) is 3. The summed E-state index contributed by atoms with van der Waals surface area (Å²) in [6.07, 6.45) is 6.81. The average Bonchev–Trinajstić information content (AvgIpc) is 1.80. The maximum absolute atomic E-state index is 3.94. The summed E-state index contributed by atoms with van der Waals surface area (Å²) in [5.74, 6) is 0. The molecular weight excluding hydrogens is 110 g/mol. The van der Waals surface area contributed by atoms with Crippen molar-refractivity contribution in [1.82, 2.24) is 0 Å². The molecule has 3 N–H and O–H groups in total. The molecule has 1 nitrogen and oxygen atoms in total. The Morgan fingerprint density at radius 3 is 2.33 bits per heavy atom. The largest absolute Gasteiger partial charge is 0.355 e. The second kappa shape index (κ2) is 6.09. The molecule has 0 fully saturated rings. The highest BCUT2D eigenvalue weighted by molar-refractivity contribution is 4.46. The Labute approximate surface area is 58.6 Å². The van der Waals surface area contributed by atoms with Gasteiger partial charge in [-0.1, -0.05) is 26.2 Å². The predicted octanol–water partition coefficient (Wildman–Crippen LogP) is 1.59. The van der Waals surface area contributed by atoms with Crippen LogP contribution in [0.15, 0.2) is 0 Å². The van der Waals surface area contributed by atoms with E-state index in [0.29, 0.717) is 6.04 Å². The second-order valence-electron chi connectivity index (χ2n) is 2.95. The van der Waals surface area contributed by atoms with Crippen LogP contribution in [0.1, 0.15) is 46.0 Å². The van der Waals surface area contributed by atoms with Crippen molar-refractivity contribution in [2.24, 2.45) is 0 Å². The maximum Gasteiger partial charge on any atom is 0.0815 e. The van der Waals surface area contributed by atoms with Gasteiger partial charge in [-0.05, 0) is 19.8 Å². The number of hydrogen-bond donors (Lipinski definition) is 1. The molecule has 0 aromatic rings. The Morgan fingerprint density at radius 2 is 1.89 bits per heavy atom. The number of quaternary nitrogens is 1. The SMILES string of the molecule is CCCCCC[C@@H](C)[NH3+]. The minimum atomic E-state index is 0.654. The molecule has 1 atom stereocenters. The molecule has 0 saturated heterocycles. The summed E-state index contributed by atoms with van der Waals surface area (Å²) >= 11 is 0. The molecule has 0 amide bonds. The van der Waals surface area contributed by atoms with Gasteiger partial charge >= 0.3 is 0 Å². The first-order valence-corrected chi connectivity index (χ1v) is 4.10. The molecule has 0 heterocycles. The quantitative estimate of drug-likeness (QED) is 0.547. The lowest BCUT2D eigenvalue weighted by Gasteiger charge is -1.99. The van der Waals surface area contributed by atoms with Crippen molar-refractivity contribution in [3.8, 4) is 0 Å². The Hall–Kier alpha value is -0.0400. The molecule has 9 heavy (non-hydrogen) atoms. The predicted molar refractivity (Wildman–Crippen MR) is 41.1 cm³/mol. The zero-order valence-electron chi connectivity index (χ0n) is 6.82. The molecule has 0 aromatic heterocycles. The van der Waals surface area contributed by atoms with Crippen molar-refractivity contribution in [1.29, 1.82) is 0 Å². The van der Waals surface area contributed by atoms with Crippen LogP contribution in [0, 0.1) is 0 Å². The van der Waals surface area contributed by atoms with Gasteiger partial charge in [0.15, 0.2) is 0 Å². The zero-order valence-corrected chi connectivity index (χ0v) is 6.82. The molecule has 0 aliphatic carbocycles. The van der Waals surface area contributed by atoms with Crippen LogP contribution < -0.4 is 5.73 Å². The Kier molecular flexibility index (Phi) is 6.06. The van der Waals surface area contributed by atoms with Crippen LogP contribution in [-0.2, 0) is 0 Å². The molecule has 0 saturated carbocycles. The average molecular weight is 130 g/mol. The first-order valence-electron chi connectivity index (χ1n) is 4.10. The third kappa shape index (κ3) is 7.96. The fraction of sp³-hybridized carbons (Fsp3) is 1.00. The highest BCUT2D eigenvalue weighted by Crippen LogP contribution is 2.02. The lowest BCUT2D eigenvalue weighted by molar-refractivity contribution is -0.415. The van der Waals surface area contributed by atoms with Gasteiger partial charge in [0.2, 0.25) is 0 Å². The van der Waals surface area contributed by atoms with Gasteiger partial charge in [0.25, 0.3) is 0 Å². The molecule has 56 valence electrons. The van der Waals surface area contributed by atoms with E-state index in [-0.39, 0.29) is 0 Å². The van der Waals surface area contributed by atoms with Crippen molar-refractivity contribution in [2.75, 3.05) is 0 Å². The van der Waals surface area contributed by atoms with E-state index in [1.54, 1.807) is 0 Å². The van der Waals surface area contributed by atoms with Crippen molar-refractivity contribution in [3.63, 3.8) is 0 Å². The van der Waals surface area contributed by atoms with Crippen LogP contribution in [0.3, 0.4) is 0 Å². The minimum absolute atomic E-state index is 0.654. The summed E-state index contributed by atoms with van der Waals surface area (Å²) in [5, 5.41) is 0. The van der Waals surface area contributed by atoms with E-state index in [4.69, 9.17) is 0 Å². The summed E-state index contributed by atoms with van der Waals surface area (Å²) in [5.41, 5.74) is 3.94. The molecule has 0 spiro atoms. The van der Waals surface area contributed by atoms with Crippen LogP contribution in [0.2, 0.25) is 0 Å². The molecule has 0 aliphatic heterocycles.